The van der Waals surface area contributed by atoms with Crippen molar-refractivity contribution in [1.29, 1.82) is 0 Å². The van der Waals surface area contributed by atoms with Gasteiger partial charge in [0.1, 0.15) is 0 Å². The molecule has 0 unspecified atom stereocenters. The molecule has 0 aliphatic heterocycles. The Morgan fingerprint density at radius 2 is 0.783 bits per heavy atom. The van der Waals surface area contributed by atoms with Gasteiger partial charge in [0.2, 0.25) is 0 Å². The monoisotopic (exact) mass is 490 g/mol. The van der Waals surface area contributed by atoms with E-state index in [-0.39, 0.29) is 0 Å². The predicted molar refractivity (Wildman–Crippen MR) is 121 cm³/mol. The van der Waals surface area contributed by atoms with Crippen LogP contribution in [-0.2, 0) is 0 Å². The second kappa shape index (κ2) is 7.94. The van der Waals surface area contributed by atoms with Gasteiger partial charge in [0.05, 0.1) is 0 Å². The van der Waals surface area contributed by atoms with Gasteiger partial charge in [0.25, 0.3) is 0 Å². The standard InChI is InChI=1S/2C5H9Si.2C3H10NSi.Sn/c2*1-5-6(2,3)4;2*1-5(2,3)4;/h2*2-4H3;2*4H,1-3H3;/q;;2*-1;+2. The molecule has 0 fully saturated rings. The average molecular weight is 490 g/mol. The zero-order valence-corrected chi connectivity index (χ0v) is 24.4. The molecular weight excluding hydrogens is 451 g/mol. The zero-order valence-electron chi connectivity index (χ0n) is 17.5. The summed E-state index contributed by atoms with van der Waals surface area (Å²) in [6.07, 6.45) is 0. The molecule has 23 heavy (non-hydrogen) atoms. The molecule has 0 heterocycles. The van der Waals surface area contributed by atoms with E-state index in [4.69, 9.17) is 0 Å². The third-order valence-corrected chi connectivity index (χ3v) is 29.9. The van der Waals surface area contributed by atoms with E-state index in [1.54, 1.807) is 0 Å². The maximum atomic E-state index is 4.04. The van der Waals surface area contributed by atoms with Crippen molar-refractivity contribution in [3.05, 3.63) is 0 Å². The molecule has 0 saturated carbocycles. The number of hydrogen-bond donors (Lipinski definition) is 2. The molecule has 0 radical (unpaired) electrons. The Morgan fingerprint density at radius 1 is 0.522 bits per heavy atom. The van der Waals surface area contributed by atoms with E-state index in [1.807, 2.05) is 0 Å². The fraction of sp³-hybridized carbons (Fsp3) is 0.750. The molecule has 7 heteroatoms. The van der Waals surface area contributed by atoms with E-state index in [1.165, 1.54) is 0 Å². The Morgan fingerprint density at radius 3 is 0.957 bits per heavy atom. The quantitative estimate of drug-likeness (QED) is 0.459. The summed E-state index contributed by atoms with van der Waals surface area (Å²) in [5, 5.41) is 0. The topological polar surface area (TPSA) is 24.1 Å². The Hall–Kier alpha value is 0.706. The van der Waals surface area contributed by atoms with Crippen LogP contribution < -0.4 is 6.41 Å². The van der Waals surface area contributed by atoms with Crippen LogP contribution in [0.5, 0.6) is 0 Å². The van der Waals surface area contributed by atoms with Crippen molar-refractivity contribution in [2.24, 2.45) is 0 Å². The molecule has 2 N–H and O–H groups in total. The molecule has 0 aromatic carbocycles. The van der Waals surface area contributed by atoms with Crippen molar-refractivity contribution >= 4 is 51.5 Å². The van der Waals surface area contributed by atoms with Crippen LogP contribution in [0, 0.1) is 19.0 Å². The summed E-state index contributed by atoms with van der Waals surface area (Å²) >= 11 is -3.22. The Balaban J connectivity index is 6.19. The first kappa shape index (κ1) is 23.7. The average Bonchev–Trinajstić information content (AvgIpc) is 2.17. The molecule has 0 amide bonds. The van der Waals surface area contributed by atoms with Crippen molar-refractivity contribution in [3.63, 3.8) is 0 Å². The van der Waals surface area contributed by atoms with Crippen molar-refractivity contribution in [1.82, 2.24) is 6.41 Å². The number of nitrogens with one attached hydrogen (secondary N) is 2. The molecule has 0 aromatic heterocycles. The molecule has 0 rings (SSSR count). The SMILES string of the molecule is C[Si](C)(C)C#[C][Sn]([C]#C[Si](C)(C)C)([NH][Si](C)(C)C)[NH][Si](C)(C)C. The van der Waals surface area contributed by atoms with E-state index >= 15 is 0 Å². The minimum absolute atomic E-state index is 1.41. The molecule has 0 aliphatic rings. The van der Waals surface area contributed by atoms with E-state index in [2.05, 4.69) is 104 Å². The van der Waals surface area contributed by atoms with Crippen molar-refractivity contribution in [2.45, 2.75) is 78.6 Å². The van der Waals surface area contributed by atoms with Crippen molar-refractivity contribution in [2.75, 3.05) is 0 Å². The normalized spacial score (nSPS) is 13.7. The summed E-state index contributed by atoms with van der Waals surface area (Å²) in [6.45, 7) is 28.2. The van der Waals surface area contributed by atoms with Crippen LogP contribution >= 0.6 is 0 Å². The molecule has 0 saturated heterocycles. The van der Waals surface area contributed by atoms with Gasteiger partial charge in [-0.15, -0.1) is 0 Å². The maximum absolute atomic E-state index is 4.04. The van der Waals surface area contributed by atoms with Gasteiger partial charge in [-0.3, -0.25) is 0 Å². The molecule has 0 aromatic rings. The van der Waals surface area contributed by atoms with Gasteiger partial charge >= 0.3 is 155 Å². The third-order valence-electron chi connectivity index (χ3n) is 2.38. The first-order valence-electron chi connectivity index (χ1n) is 8.50. The zero-order chi connectivity index (χ0) is 18.7. The van der Waals surface area contributed by atoms with Crippen LogP contribution in [-0.4, -0.2) is 51.5 Å². The van der Waals surface area contributed by atoms with E-state index in [0.29, 0.717) is 0 Å². The van der Waals surface area contributed by atoms with Crippen LogP contribution in [0.2, 0.25) is 78.6 Å². The van der Waals surface area contributed by atoms with E-state index in [0.717, 1.165) is 0 Å². The summed E-state index contributed by atoms with van der Waals surface area (Å²) in [5.41, 5.74) is 7.32. The first-order chi connectivity index (χ1) is 9.83. The molecule has 132 valence electrons. The molecule has 0 aliphatic carbocycles. The van der Waals surface area contributed by atoms with Gasteiger partial charge in [0.15, 0.2) is 0 Å². The first-order valence-corrected chi connectivity index (χ1v) is 28.2. The van der Waals surface area contributed by atoms with Crippen LogP contribution in [0.15, 0.2) is 0 Å². The van der Waals surface area contributed by atoms with Gasteiger partial charge in [-0.05, 0) is 0 Å². The van der Waals surface area contributed by atoms with Gasteiger partial charge < -0.3 is 0 Å². The second-order valence-electron chi connectivity index (χ2n) is 10.5. The van der Waals surface area contributed by atoms with Gasteiger partial charge in [-0.2, -0.15) is 0 Å². The van der Waals surface area contributed by atoms with E-state index in [9.17, 15) is 0 Å². The summed E-state index contributed by atoms with van der Waals surface area (Å²) in [7, 11) is -5.73. The molecule has 0 bridgehead atoms. The fourth-order valence-electron chi connectivity index (χ4n) is 1.88. The van der Waals surface area contributed by atoms with Gasteiger partial charge in [0, 0.05) is 0 Å². The molecule has 2 nitrogen and oxygen atoms in total. The third kappa shape index (κ3) is 13.6. The fourth-order valence-corrected chi connectivity index (χ4v) is 38.6. The minimum atomic E-state index is -3.22. The van der Waals surface area contributed by atoms with Crippen molar-refractivity contribution < 1.29 is 0 Å². The predicted octanol–water partition coefficient (Wildman–Crippen LogP) is 4.12. The molecular formula is C16H38N2Si4Sn. The van der Waals surface area contributed by atoms with E-state index < -0.39 is 51.5 Å². The summed E-state index contributed by atoms with van der Waals surface area (Å²) in [5.74, 6) is 0. The molecule has 0 spiro atoms. The number of rotatable bonds is 4. The Labute approximate surface area is 154 Å². The van der Waals surface area contributed by atoms with Crippen LogP contribution in [0.3, 0.4) is 0 Å². The Kier molecular flexibility index (Phi) is 8.18. The second-order valence-corrected chi connectivity index (χ2v) is 39.5. The van der Waals surface area contributed by atoms with Crippen LogP contribution in [0.1, 0.15) is 0 Å². The number of hydrogen-bond acceptors (Lipinski definition) is 2. The van der Waals surface area contributed by atoms with Gasteiger partial charge in [-0.25, -0.2) is 0 Å². The summed E-state index contributed by atoms with van der Waals surface area (Å²) < 4.78 is 15.6. The van der Waals surface area contributed by atoms with Crippen LogP contribution in [0.4, 0.5) is 0 Å². The molecule has 0 atom stereocenters. The van der Waals surface area contributed by atoms with Crippen molar-refractivity contribution in [3.8, 4) is 19.0 Å². The Bertz CT molecular complexity index is 476. The summed E-state index contributed by atoms with van der Waals surface area (Å²) in [4.78, 5) is 0. The summed E-state index contributed by atoms with van der Waals surface area (Å²) in [6, 6.07) is 0. The van der Waals surface area contributed by atoms with Gasteiger partial charge in [-0.1, -0.05) is 0 Å². The van der Waals surface area contributed by atoms with Crippen LogP contribution in [0.25, 0.3) is 0 Å².